The topological polar surface area (TPSA) is 96.4 Å². The highest BCUT2D eigenvalue weighted by atomic mass is 16.6. The molecule has 3 rings (SSSR count). The Hall–Kier alpha value is -3.28. The second-order valence-corrected chi connectivity index (χ2v) is 15.9. The van der Waals surface area contributed by atoms with Gasteiger partial charge in [0.05, 0.1) is 17.3 Å². The predicted molar refractivity (Wildman–Crippen MR) is 194 cm³/mol. The predicted octanol–water partition coefficient (Wildman–Crippen LogP) is 8.69. The number of rotatable bonds is 11. The minimum absolute atomic E-state index is 0.0816. The smallest absolute Gasteiger partial charge is 0.302 e. The van der Waals surface area contributed by atoms with Gasteiger partial charge in [0, 0.05) is 31.8 Å². The van der Waals surface area contributed by atoms with Crippen LogP contribution in [0.4, 0.5) is 0 Å². The Morgan fingerprint density at radius 3 is 1.92 bits per heavy atom. The summed E-state index contributed by atoms with van der Waals surface area (Å²) < 4.78 is 11.6. The number of hydrogen-bond acceptors (Lipinski definition) is 6. The Morgan fingerprint density at radius 1 is 0.812 bits per heavy atom. The summed E-state index contributed by atoms with van der Waals surface area (Å²) in [7, 11) is 0. The monoisotopic (exact) mass is 658 g/mol. The van der Waals surface area contributed by atoms with Crippen molar-refractivity contribution in [2.75, 3.05) is 0 Å². The fourth-order valence-electron chi connectivity index (χ4n) is 7.76. The van der Waals surface area contributed by atoms with Crippen molar-refractivity contribution in [3.63, 3.8) is 0 Å². The van der Waals surface area contributed by atoms with Gasteiger partial charge in [0.15, 0.2) is 5.78 Å². The fourth-order valence-corrected chi connectivity index (χ4v) is 7.76. The molecule has 0 bridgehead atoms. The molecule has 5 atom stereocenters. The number of aliphatic hydroxyl groups excluding tert-OH is 1. The van der Waals surface area contributed by atoms with E-state index in [1.165, 1.54) is 6.92 Å². The average molecular weight is 659 g/mol. The van der Waals surface area contributed by atoms with E-state index in [2.05, 4.69) is 19.6 Å². The molecule has 48 heavy (non-hydrogen) atoms. The molecule has 6 nitrogen and oxygen atoms in total. The number of ether oxygens (including phenoxy) is 2. The van der Waals surface area contributed by atoms with E-state index in [1.54, 1.807) is 6.92 Å². The summed E-state index contributed by atoms with van der Waals surface area (Å²) in [5, 5.41) is 21.4. The van der Waals surface area contributed by atoms with Gasteiger partial charge in [-0.1, -0.05) is 99.6 Å². The van der Waals surface area contributed by atoms with Gasteiger partial charge < -0.3 is 19.7 Å². The Bertz CT molecular complexity index is 1510. The summed E-state index contributed by atoms with van der Waals surface area (Å²) in [6.45, 7) is 21.4. The van der Waals surface area contributed by atoms with E-state index in [0.29, 0.717) is 37.7 Å². The first-order valence-electron chi connectivity index (χ1n) is 17.1. The second kappa shape index (κ2) is 15.1. The Labute approximate surface area is 289 Å². The quantitative estimate of drug-likeness (QED) is 0.0758. The molecule has 1 heterocycles. The first kappa shape index (κ1) is 39.2. The number of fused-ring (bicyclic) bond motifs is 1. The van der Waals surface area contributed by atoms with E-state index in [1.807, 2.05) is 115 Å². The number of Topliss-reactive ketones (excluding diaryl/α,β-unsaturated/α-hetero) is 1. The normalized spacial score (nSPS) is 32.4. The molecule has 3 fully saturated rings. The molecule has 1 saturated heterocycles. The van der Waals surface area contributed by atoms with Crippen molar-refractivity contribution in [1.82, 2.24) is 0 Å². The van der Waals surface area contributed by atoms with Crippen molar-refractivity contribution in [2.24, 2.45) is 10.8 Å². The molecule has 0 amide bonds. The number of aliphatic hydroxyl groups is 2. The molecule has 0 unspecified atom stereocenters. The maximum absolute atomic E-state index is 13.1. The Morgan fingerprint density at radius 2 is 1.38 bits per heavy atom. The molecule has 2 N–H and O–H groups in total. The van der Waals surface area contributed by atoms with Crippen LogP contribution in [0.1, 0.15) is 108 Å². The number of hydrogen-bond donors (Lipinski definition) is 2. The second-order valence-electron chi connectivity index (χ2n) is 15.9. The van der Waals surface area contributed by atoms with E-state index >= 15 is 0 Å². The Kier molecular flexibility index (Phi) is 12.3. The minimum Gasteiger partial charge on any atom is -0.462 e. The first-order chi connectivity index (χ1) is 22.1. The van der Waals surface area contributed by atoms with Gasteiger partial charge in [-0.15, -0.1) is 5.73 Å². The van der Waals surface area contributed by atoms with Crippen LogP contribution in [-0.4, -0.2) is 51.0 Å². The van der Waals surface area contributed by atoms with Gasteiger partial charge in [0.25, 0.3) is 0 Å². The van der Waals surface area contributed by atoms with Crippen LogP contribution in [0.2, 0.25) is 0 Å². The third kappa shape index (κ3) is 9.66. The van der Waals surface area contributed by atoms with Crippen LogP contribution in [-0.2, 0) is 19.1 Å². The Balaban J connectivity index is 1.54. The number of carbonyl (C=O) groups excluding carboxylic acids is 2. The van der Waals surface area contributed by atoms with Gasteiger partial charge in [-0.2, -0.15) is 0 Å². The van der Waals surface area contributed by atoms with Crippen LogP contribution in [0.15, 0.2) is 100 Å². The van der Waals surface area contributed by atoms with Crippen LogP contribution in [0.5, 0.6) is 0 Å². The maximum atomic E-state index is 13.1. The summed E-state index contributed by atoms with van der Waals surface area (Å²) in [6.07, 6.45) is 23.6. The average Bonchev–Trinajstić information content (AvgIpc) is 3.53. The lowest BCUT2D eigenvalue weighted by Gasteiger charge is -2.44. The zero-order chi connectivity index (χ0) is 36.1. The van der Waals surface area contributed by atoms with Crippen molar-refractivity contribution >= 4 is 11.8 Å². The molecule has 6 heteroatoms. The van der Waals surface area contributed by atoms with E-state index < -0.39 is 16.8 Å². The molecule has 0 aromatic carbocycles. The van der Waals surface area contributed by atoms with Crippen molar-refractivity contribution in [3.8, 4) is 0 Å². The molecule has 262 valence electrons. The van der Waals surface area contributed by atoms with E-state index in [4.69, 9.17) is 9.47 Å². The van der Waals surface area contributed by atoms with Crippen molar-refractivity contribution in [2.45, 2.75) is 137 Å². The third-order valence-corrected chi connectivity index (χ3v) is 10.1. The van der Waals surface area contributed by atoms with Crippen molar-refractivity contribution in [3.05, 3.63) is 100 Å². The SMILES string of the molecule is CC(=O)O[C@H]1CC(C)(C)C(=C=C\C(C)=C/C=C/C(C)=C/C=C/C=C(C)\C=C\C=C(/C)C(=O)C[C@@]23O[C@]2(C)C[C@@H](O)CC3(C)C)[C@@](C)(O)C1. The van der Waals surface area contributed by atoms with Crippen LogP contribution >= 0.6 is 0 Å². The molecular formula is C42H58O6. The molecule has 0 radical (unpaired) electrons. The van der Waals surface area contributed by atoms with Crippen LogP contribution in [0.3, 0.4) is 0 Å². The van der Waals surface area contributed by atoms with Gasteiger partial charge in [-0.3, -0.25) is 9.59 Å². The third-order valence-electron chi connectivity index (χ3n) is 10.1. The summed E-state index contributed by atoms with van der Waals surface area (Å²) in [6, 6.07) is 0. The van der Waals surface area contributed by atoms with Crippen LogP contribution < -0.4 is 0 Å². The van der Waals surface area contributed by atoms with Gasteiger partial charge in [0.1, 0.15) is 11.7 Å². The molecule has 0 aromatic heterocycles. The fraction of sp³-hybridized carbons (Fsp3) is 0.548. The van der Waals surface area contributed by atoms with Gasteiger partial charge in [-0.05, 0) is 82.4 Å². The van der Waals surface area contributed by atoms with Crippen molar-refractivity contribution in [1.29, 1.82) is 0 Å². The summed E-state index contributed by atoms with van der Waals surface area (Å²) in [4.78, 5) is 24.5. The summed E-state index contributed by atoms with van der Waals surface area (Å²) >= 11 is 0. The van der Waals surface area contributed by atoms with Crippen LogP contribution in [0, 0.1) is 10.8 Å². The lowest BCUT2D eigenvalue weighted by Crippen LogP contribution is -2.48. The molecule has 1 aliphatic heterocycles. The van der Waals surface area contributed by atoms with Gasteiger partial charge in [0.2, 0.25) is 0 Å². The largest absolute Gasteiger partial charge is 0.462 e. The number of epoxide rings is 1. The summed E-state index contributed by atoms with van der Waals surface area (Å²) in [5.74, 6) is -0.244. The highest BCUT2D eigenvalue weighted by Gasteiger charge is 2.76. The lowest BCUT2D eigenvalue weighted by molar-refractivity contribution is -0.152. The minimum atomic E-state index is -1.11. The number of allylic oxidation sites excluding steroid dienone is 14. The molecule has 0 spiro atoms. The number of ketones is 1. The standard InChI is InChI=1S/C42H58O6/c1-29(18-14-19-31(3)22-23-37-38(6,7)26-35(47-33(5)43)27-40(37,10)46)16-12-13-17-30(2)20-15-21-32(4)36(45)28-42-39(8,9)24-34(44)25-41(42,11)48-42/h12-22,34-35,44,46H,24-28H2,1-11H3/b13-12+,18-14+,20-15+,29-16+,30-17-,31-19-,32-21+/t23?,34-,35-,40-,41+,42-/m0/s1. The van der Waals surface area contributed by atoms with E-state index in [0.717, 1.165) is 22.3 Å². The molecule has 2 aliphatic carbocycles. The van der Waals surface area contributed by atoms with E-state index in [9.17, 15) is 19.8 Å². The summed E-state index contributed by atoms with van der Waals surface area (Å²) in [5.41, 5.74) is 5.35. The van der Waals surface area contributed by atoms with Crippen molar-refractivity contribution < 1.29 is 29.3 Å². The molecule has 2 saturated carbocycles. The van der Waals surface area contributed by atoms with Gasteiger partial charge >= 0.3 is 5.97 Å². The highest BCUT2D eigenvalue weighted by Crippen LogP contribution is 2.67. The molecule has 0 aromatic rings. The highest BCUT2D eigenvalue weighted by molar-refractivity contribution is 5.96. The molecular weight excluding hydrogens is 600 g/mol. The number of esters is 1. The maximum Gasteiger partial charge on any atom is 0.302 e. The lowest BCUT2D eigenvalue weighted by atomic mass is 9.61. The van der Waals surface area contributed by atoms with Crippen LogP contribution in [0.25, 0.3) is 0 Å². The van der Waals surface area contributed by atoms with Gasteiger partial charge in [-0.25, -0.2) is 0 Å². The zero-order valence-corrected chi connectivity index (χ0v) is 31.1. The number of carbonyl (C=O) groups is 2. The zero-order valence-electron chi connectivity index (χ0n) is 31.1. The van der Waals surface area contributed by atoms with E-state index in [-0.39, 0.29) is 34.8 Å². The molecule has 3 aliphatic rings. The first-order valence-corrected chi connectivity index (χ1v) is 17.1.